The Morgan fingerprint density at radius 2 is 1.86 bits per heavy atom. The first-order valence-electron chi connectivity index (χ1n) is 6.27. The maximum Gasteiger partial charge on any atom is 0.416 e. The van der Waals surface area contributed by atoms with Gasteiger partial charge < -0.3 is 10.6 Å². The Kier molecular flexibility index (Phi) is 3.25. The number of rotatable bonds is 1. The summed E-state index contributed by atoms with van der Waals surface area (Å²) in [6.07, 6.45) is -3.10. The number of carbonyl (C=O) groups excluding carboxylic acids is 2. The lowest BCUT2D eigenvalue weighted by Crippen LogP contribution is -2.48. The van der Waals surface area contributed by atoms with Gasteiger partial charge in [-0.3, -0.25) is 4.79 Å². The van der Waals surface area contributed by atoms with Crippen LogP contribution in [0.5, 0.6) is 0 Å². The summed E-state index contributed by atoms with van der Waals surface area (Å²) in [6, 6.07) is 0.721. The van der Waals surface area contributed by atoms with Gasteiger partial charge in [0.25, 0.3) is 5.91 Å². The van der Waals surface area contributed by atoms with E-state index >= 15 is 0 Å². The minimum absolute atomic E-state index is 0.270. The number of nitrogens with zero attached hydrogens (tertiary/aromatic N) is 2. The molecule has 2 aliphatic rings. The van der Waals surface area contributed by atoms with Gasteiger partial charge in [-0.05, 0) is 26.8 Å². The molecule has 0 bridgehead atoms. The maximum atomic E-state index is 13.1. The Morgan fingerprint density at radius 1 is 1.27 bits per heavy atom. The first-order chi connectivity index (χ1) is 9.92. The van der Waals surface area contributed by atoms with E-state index in [4.69, 9.17) is 5.26 Å². The lowest BCUT2D eigenvalue weighted by atomic mass is 9.89. The summed E-state index contributed by atoms with van der Waals surface area (Å²) in [5, 5.41) is 13.7. The van der Waals surface area contributed by atoms with Crippen LogP contribution in [0.3, 0.4) is 0 Å². The van der Waals surface area contributed by atoms with Crippen molar-refractivity contribution in [3.8, 4) is 6.07 Å². The number of amides is 3. The average Bonchev–Trinajstić information content (AvgIpc) is 2.58. The maximum absolute atomic E-state index is 13.1. The Labute approximate surface area is 124 Å². The van der Waals surface area contributed by atoms with Gasteiger partial charge in [-0.25, -0.2) is 9.69 Å². The van der Waals surface area contributed by atoms with Crippen molar-refractivity contribution >= 4 is 11.9 Å². The minimum Gasteiger partial charge on any atom is -0.368 e. The molecule has 6 nitrogen and oxygen atoms in total. The second-order valence-electron chi connectivity index (χ2n) is 5.70. The molecule has 0 aromatic rings. The molecule has 0 aromatic heterocycles. The van der Waals surface area contributed by atoms with Gasteiger partial charge in [-0.2, -0.15) is 18.4 Å². The van der Waals surface area contributed by atoms with Gasteiger partial charge in [0.05, 0.1) is 17.3 Å². The van der Waals surface area contributed by atoms with Crippen LogP contribution in [0.1, 0.15) is 20.8 Å². The lowest BCUT2D eigenvalue weighted by molar-refractivity contribution is -0.129. The molecule has 0 radical (unpaired) electrons. The normalized spacial score (nSPS) is 27.6. The van der Waals surface area contributed by atoms with Gasteiger partial charge in [-0.1, -0.05) is 0 Å². The highest BCUT2D eigenvalue weighted by Crippen LogP contribution is 2.37. The molecule has 1 unspecified atom stereocenters. The number of nitriles is 1. The zero-order chi connectivity index (χ0) is 16.9. The number of carbonyl (C=O) groups is 2. The molecule has 3 amide bonds. The van der Waals surface area contributed by atoms with Gasteiger partial charge in [0.15, 0.2) is 5.54 Å². The number of allylic oxidation sites excluding steroid dienone is 1. The fourth-order valence-electron chi connectivity index (χ4n) is 2.20. The number of hydrogen-bond acceptors (Lipinski definition) is 4. The molecule has 0 spiro atoms. The highest BCUT2D eigenvalue weighted by Gasteiger charge is 2.50. The van der Waals surface area contributed by atoms with E-state index in [0.29, 0.717) is 11.0 Å². The van der Waals surface area contributed by atoms with Crippen molar-refractivity contribution < 1.29 is 22.8 Å². The fraction of sp³-hybridized carbons (Fsp3) is 0.462. The highest BCUT2D eigenvalue weighted by atomic mass is 19.4. The fourth-order valence-corrected chi connectivity index (χ4v) is 2.20. The van der Waals surface area contributed by atoms with E-state index in [0.717, 1.165) is 13.1 Å². The number of hydrogen-bond donors (Lipinski definition) is 2. The summed E-state index contributed by atoms with van der Waals surface area (Å²) in [5.41, 5.74) is -4.64. The molecule has 1 fully saturated rings. The van der Waals surface area contributed by atoms with Crippen LogP contribution in [0.2, 0.25) is 0 Å². The average molecular weight is 314 g/mol. The third kappa shape index (κ3) is 2.30. The molecule has 118 valence electrons. The predicted molar refractivity (Wildman–Crippen MR) is 68.8 cm³/mol. The van der Waals surface area contributed by atoms with Crippen molar-refractivity contribution in [1.82, 2.24) is 15.5 Å². The third-order valence-corrected chi connectivity index (χ3v) is 3.49. The molecule has 9 heteroatoms. The van der Waals surface area contributed by atoms with Gasteiger partial charge in [0.2, 0.25) is 0 Å². The number of halogens is 3. The quantitative estimate of drug-likeness (QED) is 0.719. The zero-order valence-electron chi connectivity index (χ0n) is 12.0. The Hall–Kier alpha value is -2.50. The molecule has 2 rings (SSSR count). The molecule has 2 heterocycles. The molecule has 22 heavy (non-hydrogen) atoms. The molecule has 0 aromatic carbocycles. The van der Waals surface area contributed by atoms with E-state index in [9.17, 15) is 22.8 Å². The van der Waals surface area contributed by atoms with E-state index in [2.05, 4.69) is 10.6 Å². The van der Waals surface area contributed by atoms with Crippen molar-refractivity contribution in [3.63, 3.8) is 0 Å². The van der Waals surface area contributed by atoms with Crippen LogP contribution >= 0.6 is 0 Å². The molecule has 1 saturated heterocycles. The second-order valence-corrected chi connectivity index (χ2v) is 5.70. The smallest absolute Gasteiger partial charge is 0.368 e. The van der Waals surface area contributed by atoms with Crippen molar-refractivity contribution in [2.24, 2.45) is 0 Å². The molecular weight excluding hydrogens is 301 g/mol. The van der Waals surface area contributed by atoms with Gasteiger partial charge in [-0.15, -0.1) is 0 Å². The SMILES string of the molecule is CC1(C)NC(=O)N(C2=CNC(C)(C#N)C(C(F)(F)F)=C2)C1=O. The Balaban J connectivity index is 2.48. The van der Waals surface area contributed by atoms with Gasteiger partial charge >= 0.3 is 12.2 Å². The summed E-state index contributed by atoms with van der Waals surface area (Å²) < 4.78 is 39.4. The van der Waals surface area contributed by atoms with Crippen LogP contribution in [-0.2, 0) is 4.79 Å². The molecular formula is C13H13F3N4O2. The summed E-state index contributed by atoms with van der Waals surface area (Å²) >= 11 is 0. The highest BCUT2D eigenvalue weighted by molar-refractivity contribution is 6.08. The van der Waals surface area contributed by atoms with E-state index in [1.807, 2.05) is 0 Å². The van der Waals surface area contributed by atoms with E-state index < -0.39 is 34.8 Å². The molecule has 2 N–H and O–H groups in total. The van der Waals surface area contributed by atoms with Crippen LogP contribution in [-0.4, -0.2) is 34.1 Å². The molecule has 0 saturated carbocycles. The Bertz CT molecular complexity index is 657. The van der Waals surface area contributed by atoms with Crippen LogP contribution in [0.25, 0.3) is 0 Å². The zero-order valence-corrected chi connectivity index (χ0v) is 12.0. The monoisotopic (exact) mass is 314 g/mol. The standard InChI is InChI=1S/C13H13F3N4O2/c1-11(2)9(21)20(10(22)19-11)7-4-8(13(14,15)16)12(3,6-17)18-5-7/h4-5,18H,1-3H3,(H,19,22). The largest absolute Gasteiger partial charge is 0.416 e. The summed E-state index contributed by atoms with van der Waals surface area (Å²) in [6.45, 7) is 3.95. The van der Waals surface area contributed by atoms with Crippen LogP contribution in [0, 0.1) is 11.3 Å². The third-order valence-electron chi connectivity index (χ3n) is 3.49. The van der Waals surface area contributed by atoms with Gasteiger partial charge in [0.1, 0.15) is 5.54 Å². The van der Waals surface area contributed by atoms with E-state index in [1.165, 1.54) is 19.9 Å². The predicted octanol–water partition coefficient (Wildman–Crippen LogP) is 1.53. The summed E-state index contributed by atoms with van der Waals surface area (Å²) in [7, 11) is 0. The lowest BCUT2D eigenvalue weighted by Gasteiger charge is -2.32. The minimum atomic E-state index is -4.79. The molecule has 2 aliphatic heterocycles. The van der Waals surface area contributed by atoms with E-state index in [1.54, 1.807) is 0 Å². The summed E-state index contributed by atoms with van der Waals surface area (Å²) in [5.74, 6) is -0.677. The van der Waals surface area contributed by atoms with Crippen molar-refractivity contribution in [2.75, 3.05) is 0 Å². The van der Waals surface area contributed by atoms with Gasteiger partial charge in [0, 0.05) is 6.20 Å². The number of imide groups is 1. The number of alkyl halides is 3. The molecule has 1 atom stereocenters. The van der Waals surface area contributed by atoms with Crippen molar-refractivity contribution in [3.05, 3.63) is 23.5 Å². The van der Waals surface area contributed by atoms with Crippen molar-refractivity contribution in [2.45, 2.75) is 38.0 Å². The first kappa shape index (κ1) is 15.9. The topological polar surface area (TPSA) is 85.2 Å². The Morgan fingerprint density at radius 3 is 2.27 bits per heavy atom. The number of urea groups is 1. The van der Waals surface area contributed by atoms with Crippen LogP contribution in [0.4, 0.5) is 18.0 Å². The first-order valence-corrected chi connectivity index (χ1v) is 6.27. The summed E-state index contributed by atoms with van der Waals surface area (Å²) in [4.78, 5) is 24.6. The number of dihydropyridines is 1. The second kappa shape index (κ2) is 4.50. The number of nitrogens with one attached hydrogen (secondary N) is 2. The van der Waals surface area contributed by atoms with Crippen molar-refractivity contribution in [1.29, 1.82) is 5.26 Å². The molecule has 0 aliphatic carbocycles. The van der Waals surface area contributed by atoms with E-state index in [-0.39, 0.29) is 5.70 Å². The van der Waals surface area contributed by atoms with Crippen LogP contribution in [0.15, 0.2) is 23.5 Å². The van der Waals surface area contributed by atoms with Crippen LogP contribution < -0.4 is 10.6 Å².